The fourth-order valence-corrected chi connectivity index (χ4v) is 4.49. The molecule has 0 bridgehead atoms. The van der Waals surface area contributed by atoms with Gasteiger partial charge in [0.05, 0.1) is 10.2 Å². The summed E-state index contributed by atoms with van der Waals surface area (Å²) in [6.07, 6.45) is 0.909. The van der Waals surface area contributed by atoms with E-state index in [4.69, 9.17) is 4.98 Å². The van der Waals surface area contributed by atoms with E-state index in [9.17, 15) is 9.59 Å². The quantitative estimate of drug-likeness (QED) is 0.684. The zero-order valence-corrected chi connectivity index (χ0v) is 18.2. The second-order valence-electron chi connectivity index (χ2n) is 7.63. The number of thiazole rings is 1. The Kier molecular flexibility index (Phi) is 6.11. The van der Waals surface area contributed by atoms with Crippen molar-refractivity contribution < 1.29 is 9.59 Å². The molecule has 0 atom stereocenters. The van der Waals surface area contributed by atoms with Crippen molar-refractivity contribution in [1.29, 1.82) is 0 Å². The molecule has 3 aromatic rings. The van der Waals surface area contributed by atoms with Gasteiger partial charge in [0.1, 0.15) is 5.01 Å². The maximum Gasteiger partial charge on any atom is 0.253 e. The first kappa shape index (κ1) is 20.5. The molecule has 6 nitrogen and oxygen atoms in total. The highest BCUT2D eigenvalue weighted by molar-refractivity contribution is 7.21. The number of hydrogen-bond donors (Lipinski definition) is 1. The predicted octanol–water partition coefficient (Wildman–Crippen LogP) is 3.49. The first-order valence-corrected chi connectivity index (χ1v) is 11.1. The van der Waals surface area contributed by atoms with Gasteiger partial charge in [-0.3, -0.25) is 9.59 Å². The molecule has 0 saturated carbocycles. The molecule has 0 unspecified atom stereocenters. The molecule has 1 aliphatic heterocycles. The Morgan fingerprint density at radius 3 is 2.43 bits per heavy atom. The van der Waals surface area contributed by atoms with Crippen LogP contribution < -0.4 is 5.32 Å². The highest BCUT2D eigenvalue weighted by Gasteiger charge is 2.20. The van der Waals surface area contributed by atoms with Crippen LogP contribution in [0, 0.1) is 0 Å². The molecule has 0 radical (unpaired) electrons. The lowest BCUT2D eigenvalue weighted by Gasteiger charge is -2.32. The summed E-state index contributed by atoms with van der Waals surface area (Å²) < 4.78 is 0.978. The number of benzene rings is 2. The van der Waals surface area contributed by atoms with Gasteiger partial charge in [-0.25, -0.2) is 4.98 Å². The van der Waals surface area contributed by atoms with Crippen molar-refractivity contribution >= 4 is 33.4 Å². The molecule has 1 saturated heterocycles. The van der Waals surface area contributed by atoms with E-state index in [1.165, 1.54) is 0 Å². The standard InChI is InChI=1S/C23H26N4O2S/c1-3-10-24-21(28)18-8-9-19-20(15-18)30-22(25-19)16-4-6-17(7-5-16)23(29)27-13-11-26(2)12-14-27/h4-9,15H,3,10-14H2,1-2H3,(H,24,28). The van der Waals surface area contributed by atoms with E-state index in [-0.39, 0.29) is 11.8 Å². The van der Waals surface area contributed by atoms with Crippen LogP contribution in [-0.4, -0.2) is 66.4 Å². The number of fused-ring (bicyclic) bond motifs is 1. The average Bonchev–Trinajstić information content (AvgIpc) is 3.21. The summed E-state index contributed by atoms with van der Waals surface area (Å²) in [5, 5.41) is 3.79. The number of likely N-dealkylation sites (N-methyl/N-ethyl adjacent to an activating group) is 1. The van der Waals surface area contributed by atoms with E-state index in [0.29, 0.717) is 17.7 Å². The van der Waals surface area contributed by atoms with E-state index >= 15 is 0 Å². The SMILES string of the molecule is CCCNC(=O)c1ccc2nc(-c3ccc(C(=O)N4CCN(C)CC4)cc3)sc2c1. The van der Waals surface area contributed by atoms with Crippen molar-refractivity contribution in [2.75, 3.05) is 39.8 Å². The maximum atomic E-state index is 12.7. The van der Waals surface area contributed by atoms with Crippen molar-refractivity contribution in [3.8, 4) is 10.6 Å². The Morgan fingerprint density at radius 1 is 1.03 bits per heavy atom. The fourth-order valence-electron chi connectivity index (χ4n) is 3.48. The molecule has 7 heteroatoms. The summed E-state index contributed by atoms with van der Waals surface area (Å²) in [6, 6.07) is 13.3. The fraction of sp³-hybridized carbons (Fsp3) is 0.348. The number of amides is 2. The third-order valence-corrected chi connectivity index (χ3v) is 6.42. The minimum Gasteiger partial charge on any atom is -0.352 e. The van der Waals surface area contributed by atoms with Crippen LogP contribution >= 0.6 is 11.3 Å². The number of nitrogens with zero attached hydrogens (tertiary/aromatic N) is 3. The number of aromatic nitrogens is 1. The van der Waals surface area contributed by atoms with Gasteiger partial charge < -0.3 is 15.1 Å². The first-order valence-electron chi connectivity index (χ1n) is 10.3. The lowest BCUT2D eigenvalue weighted by molar-refractivity contribution is 0.0664. The highest BCUT2D eigenvalue weighted by atomic mass is 32.1. The van der Waals surface area contributed by atoms with E-state index in [2.05, 4.69) is 17.3 Å². The molecular formula is C23H26N4O2S. The van der Waals surface area contributed by atoms with Gasteiger partial charge in [0.2, 0.25) is 0 Å². The van der Waals surface area contributed by atoms with Crippen molar-refractivity contribution in [1.82, 2.24) is 20.1 Å². The van der Waals surface area contributed by atoms with Crippen LogP contribution in [0.2, 0.25) is 0 Å². The third kappa shape index (κ3) is 4.37. The smallest absolute Gasteiger partial charge is 0.253 e. The molecule has 156 valence electrons. The minimum atomic E-state index is -0.0551. The molecule has 2 heterocycles. The molecule has 1 aliphatic rings. The summed E-state index contributed by atoms with van der Waals surface area (Å²) in [4.78, 5) is 33.8. The molecule has 0 aliphatic carbocycles. The summed E-state index contributed by atoms with van der Waals surface area (Å²) in [5.74, 6) is 0.0298. The number of hydrogen-bond acceptors (Lipinski definition) is 5. The number of carbonyl (C=O) groups excluding carboxylic acids is 2. The summed E-state index contributed by atoms with van der Waals surface area (Å²) in [6.45, 7) is 6.06. The Hall–Kier alpha value is -2.77. The van der Waals surface area contributed by atoms with Crippen LogP contribution in [0.25, 0.3) is 20.8 Å². The second kappa shape index (κ2) is 8.93. The first-order chi connectivity index (χ1) is 14.5. The van der Waals surface area contributed by atoms with Gasteiger partial charge in [-0.1, -0.05) is 19.1 Å². The largest absolute Gasteiger partial charge is 0.352 e. The number of carbonyl (C=O) groups is 2. The molecule has 0 spiro atoms. The van der Waals surface area contributed by atoms with Gasteiger partial charge in [-0.2, -0.15) is 0 Å². The summed E-state index contributed by atoms with van der Waals surface area (Å²) in [7, 11) is 2.08. The number of nitrogens with one attached hydrogen (secondary N) is 1. The Bertz CT molecular complexity index is 1050. The number of rotatable bonds is 5. The molecule has 2 aromatic carbocycles. The molecule has 4 rings (SSSR count). The lowest BCUT2D eigenvalue weighted by atomic mass is 10.1. The van der Waals surface area contributed by atoms with Crippen LogP contribution in [-0.2, 0) is 0 Å². The lowest BCUT2D eigenvalue weighted by Crippen LogP contribution is -2.47. The Balaban J connectivity index is 1.51. The van der Waals surface area contributed by atoms with E-state index in [1.807, 2.05) is 54.3 Å². The molecule has 30 heavy (non-hydrogen) atoms. The molecule has 1 aromatic heterocycles. The Labute approximate surface area is 180 Å². The Morgan fingerprint density at radius 2 is 1.73 bits per heavy atom. The zero-order valence-electron chi connectivity index (χ0n) is 17.4. The molecule has 2 amide bonds. The zero-order chi connectivity index (χ0) is 21.1. The average molecular weight is 423 g/mol. The van der Waals surface area contributed by atoms with E-state index in [0.717, 1.165) is 53.4 Å². The molecule has 1 fully saturated rings. The van der Waals surface area contributed by atoms with Crippen molar-refractivity contribution in [2.24, 2.45) is 0 Å². The van der Waals surface area contributed by atoms with Crippen LogP contribution in [0.3, 0.4) is 0 Å². The monoisotopic (exact) mass is 422 g/mol. The predicted molar refractivity (Wildman–Crippen MR) is 121 cm³/mol. The highest BCUT2D eigenvalue weighted by Crippen LogP contribution is 2.31. The van der Waals surface area contributed by atoms with Gasteiger partial charge >= 0.3 is 0 Å². The van der Waals surface area contributed by atoms with Crippen LogP contribution in [0.5, 0.6) is 0 Å². The van der Waals surface area contributed by atoms with Crippen molar-refractivity contribution in [3.05, 3.63) is 53.6 Å². The third-order valence-electron chi connectivity index (χ3n) is 5.36. The topological polar surface area (TPSA) is 65.5 Å². The molecular weight excluding hydrogens is 396 g/mol. The minimum absolute atomic E-state index is 0.0551. The van der Waals surface area contributed by atoms with Crippen molar-refractivity contribution in [3.63, 3.8) is 0 Å². The summed E-state index contributed by atoms with van der Waals surface area (Å²) >= 11 is 1.56. The van der Waals surface area contributed by atoms with Gasteiger partial charge in [0.15, 0.2) is 0 Å². The maximum absolute atomic E-state index is 12.7. The normalized spacial score (nSPS) is 14.8. The van der Waals surface area contributed by atoms with E-state index < -0.39 is 0 Å². The number of piperazine rings is 1. The van der Waals surface area contributed by atoms with Gasteiger partial charge in [-0.05, 0) is 43.8 Å². The second-order valence-corrected chi connectivity index (χ2v) is 8.66. The van der Waals surface area contributed by atoms with Crippen LogP contribution in [0.15, 0.2) is 42.5 Å². The molecule has 1 N–H and O–H groups in total. The van der Waals surface area contributed by atoms with Gasteiger partial charge in [0.25, 0.3) is 11.8 Å². The van der Waals surface area contributed by atoms with Crippen LogP contribution in [0.1, 0.15) is 34.1 Å². The van der Waals surface area contributed by atoms with Gasteiger partial charge in [-0.15, -0.1) is 11.3 Å². The van der Waals surface area contributed by atoms with Crippen LogP contribution in [0.4, 0.5) is 0 Å². The van der Waals surface area contributed by atoms with Gasteiger partial charge in [0, 0.05) is 49.4 Å². The van der Waals surface area contributed by atoms with E-state index in [1.54, 1.807) is 11.3 Å². The van der Waals surface area contributed by atoms with Crippen molar-refractivity contribution in [2.45, 2.75) is 13.3 Å². The summed E-state index contributed by atoms with van der Waals surface area (Å²) in [5.41, 5.74) is 3.21.